The fourth-order valence-electron chi connectivity index (χ4n) is 2.92. The number of hydrogen-bond donors (Lipinski definition) is 1. The molecule has 11 heteroatoms. The van der Waals surface area contributed by atoms with E-state index in [1.54, 1.807) is 30.3 Å². The van der Waals surface area contributed by atoms with E-state index in [-0.39, 0.29) is 28.1 Å². The normalized spacial score (nSPS) is 11.7. The van der Waals surface area contributed by atoms with Gasteiger partial charge in [-0.2, -0.15) is 18.3 Å². The summed E-state index contributed by atoms with van der Waals surface area (Å²) in [4.78, 5) is 21.6. The maximum absolute atomic E-state index is 13.7. The number of fused-ring (bicyclic) bond motifs is 1. The van der Waals surface area contributed by atoms with Crippen molar-refractivity contribution in [3.8, 4) is 11.3 Å². The van der Waals surface area contributed by atoms with E-state index in [9.17, 15) is 22.4 Å². The largest absolute Gasteiger partial charge is 0.433 e. The van der Waals surface area contributed by atoms with Crippen LogP contribution in [0.5, 0.6) is 0 Å². The molecule has 2 aromatic carbocycles. The SMILES string of the molecule is O=C(ONCc1ccc(F)cc1)c1nn2c(C(F)(F)F)cc(-c3ccccc3)nc2c1Br. The molecule has 0 saturated carbocycles. The van der Waals surface area contributed by atoms with E-state index in [0.717, 1.165) is 6.07 Å². The van der Waals surface area contributed by atoms with Crippen LogP contribution >= 0.6 is 15.9 Å². The van der Waals surface area contributed by atoms with Crippen LogP contribution in [0.2, 0.25) is 0 Å². The van der Waals surface area contributed by atoms with Crippen LogP contribution in [0.25, 0.3) is 16.9 Å². The number of aromatic nitrogens is 3. The number of nitrogens with zero attached hydrogens (tertiary/aromatic N) is 3. The third-order valence-corrected chi connectivity index (χ3v) is 5.17. The van der Waals surface area contributed by atoms with Gasteiger partial charge in [-0.15, -0.1) is 5.48 Å². The van der Waals surface area contributed by atoms with Crippen molar-refractivity contribution in [2.75, 3.05) is 0 Å². The van der Waals surface area contributed by atoms with Gasteiger partial charge in [0.15, 0.2) is 17.0 Å². The first-order chi connectivity index (χ1) is 15.2. The predicted octanol–water partition coefficient (Wildman–Crippen LogP) is 5.18. The van der Waals surface area contributed by atoms with Crippen molar-refractivity contribution in [1.29, 1.82) is 0 Å². The first-order valence-electron chi connectivity index (χ1n) is 9.14. The first kappa shape index (κ1) is 21.9. The van der Waals surface area contributed by atoms with Crippen LogP contribution < -0.4 is 5.48 Å². The summed E-state index contributed by atoms with van der Waals surface area (Å²) in [5.74, 6) is -1.43. The van der Waals surface area contributed by atoms with Crippen molar-refractivity contribution in [3.05, 3.63) is 87.9 Å². The zero-order chi connectivity index (χ0) is 22.9. The molecule has 0 aliphatic rings. The lowest BCUT2D eigenvalue weighted by molar-refractivity contribution is -0.142. The zero-order valence-electron chi connectivity index (χ0n) is 16.0. The highest BCUT2D eigenvalue weighted by Gasteiger charge is 2.36. The van der Waals surface area contributed by atoms with Gasteiger partial charge in [-0.1, -0.05) is 42.5 Å². The number of hydroxylamine groups is 1. The summed E-state index contributed by atoms with van der Waals surface area (Å²) < 4.78 is 54.6. The van der Waals surface area contributed by atoms with Gasteiger partial charge in [0, 0.05) is 5.56 Å². The molecule has 0 aliphatic carbocycles. The van der Waals surface area contributed by atoms with Gasteiger partial charge in [0.1, 0.15) is 5.82 Å². The number of carbonyl (C=O) groups is 1. The second-order valence-corrected chi connectivity index (χ2v) is 7.42. The van der Waals surface area contributed by atoms with E-state index in [2.05, 4.69) is 31.5 Å². The van der Waals surface area contributed by atoms with E-state index in [0.29, 0.717) is 15.6 Å². The van der Waals surface area contributed by atoms with Crippen LogP contribution in [0.1, 0.15) is 21.7 Å². The quantitative estimate of drug-likeness (QED) is 0.297. The van der Waals surface area contributed by atoms with Crippen LogP contribution in [0.3, 0.4) is 0 Å². The minimum absolute atomic E-state index is 0.0469. The average Bonchev–Trinajstić information content (AvgIpc) is 3.11. The van der Waals surface area contributed by atoms with Crippen molar-refractivity contribution >= 4 is 27.5 Å². The molecule has 0 atom stereocenters. The molecule has 164 valence electrons. The topological polar surface area (TPSA) is 68.5 Å². The van der Waals surface area contributed by atoms with Gasteiger partial charge in [0.05, 0.1) is 16.7 Å². The molecule has 0 amide bonds. The highest BCUT2D eigenvalue weighted by molar-refractivity contribution is 9.10. The van der Waals surface area contributed by atoms with E-state index in [1.807, 2.05) is 0 Å². The number of benzene rings is 2. The summed E-state index contributed by atoms with van der Waals surface area (Å²) in [6, 6.07) is 14.7. The lowest BCUT2D eigenvalue weighted by atomic mass is 10.1. The minimum Gasteiger partial charge on any atom is -0.365 e. The van der Waals surface area contributed by atoms with Crippen molar-refractivity contribution in [2.45, 2.75) is 12.7 Å². The zero-order valence-corrected chi connectivity index (χ0v) is 17.6. The molecule has 0 bridgehead atoms. The van der Waals surface area contributed by atoms with Crippen molar-refractivity contribution in [3.63, 3.8) is 0 Å². The summed E-state index contributed by atoms with van der Waals surface area (Å²) in [7, 11) is 0. The Morgan fingerprint density at radius 3 is 2.44 bits per heavy atom. The first-order valence-corrected chi connectivity index (χ1v) is 9.93. The Balaban J connectivity index is 1.66. The molecule has 1 N–H and O–H groups in total. The molecule has 0 radical (unpaired) electrons. The Kier molecular flexibility index (Phi) is 5.94. The maximum atomic E-state index is 13.7. The number of rotatable bonds is 5. The number of hydrogen-bond acceptors (Lipinski definition) is 5. The highest BCUT2D eigenvalue weighted by atomic mass is 79.9. The summed E-state index contributed by atoms with van der Waals surface area (Å²) >= 11 is 3.12. The molecule has 32 heavy (non-hydrogen) atoms. The molecule has 0 fully saturated rings. The van der Waals surface area contributed by atoms with Crippen molar-refractivity contribution in [1.82, 2.24) is 20.1 Å². The molecule has 0 aliphatic heterocycles. The van der Waals surface area contributed by atoms with Gasteiger partial charge in [0.2, 0.25) is 0 Å². The summed E-state index contributed by atoms with van der Waals surface area (Å²) in [5, 5.41) is 3.77. The second-order valence-electron chi connectivity index (χ2n) is 6.63. The van der Waals surface area contributed by atoms with Gasteiger partial charge in [-0.3, -0.25) is 0 Å². The standard InChI is InChI=1S/C21H13BrF4N4O2/c22-17-18(20(31)32-27-11-12-6-8-14(23)9-7-12)29-30-16(21(24,25)26)10-15(28-19(17)30)13-4-2-1-3-5-13/h1-10,27H,11H2. The minimum atomic E-state index is -4.75. The van der Waals surface area contributed by atoms with Gasteiger partial charge < -0.3 is 4.84 Å². The predicted molar refractivity (Wildman–Crippen MR) is 110 cm³/mol. The van der Waals surface area contributed by atoms with Gasteiger partial charge in [-0.05, 0) is 39.7 Å². The second kappa shape index (κ2) is 8.67. The molecule has 4 aromatic rings. The van der Waals surface area contributed by atoms with Crippen molar-refractivity contribution < 1.29 is 27.2 Å². The molecule has 0 spiro atoms. The van der Waals surface area contributed by atoms with E-state index in [4.69, 9.17) is 4.84 Å². The summed E-state index contributed by atoms with van der Waals surface area (Å²) in [6.07, 6.45) is -4.75. The lowest BCUT2D eigenvalue weighted by Gasteiger charge is -2.11. The lowest BCUT2D eigenvalue weighted by Crippen LogP contribution is -2.20. The van der Waals surface area contributed by atoms with E-state index < -0.39 is 23.7 Å². The smallest absolute Gasteiger partial charge is 0.365 e. The Bertz CT molecular complexity index is 1280. The monoisotopic (exact) mass is 508 g/mol. The molecule has 6 nitrogen and oxygen atoms in total. The number of alkyl halides is 3. The third kappa shape index (κ3) is 4.48. The number of nitrogens with one attached hydrogen (secondary N) is 1. The summed E-state index contributed by atoms with van der Waals surface area (Å²) in [6.45, 7) is 0.0568. The van der Waals surface area contributed by atoms with Crippen molar-refractivity contribution in [2.24, 2.45) is 0 Å². The molecule has 2 aromatic heterocycles. The Morgan fingerprint density at radius 1 is 1.09 bits per heavy atom. The summed E-state index contributed by atoms with van der Waals surface area (Å²) in [5.41, 5.74) is 1.88. The average molecular weight is 509 g/mol. The van der Waals surface area contributed by atoms with Crippen LogP contribution in [-0.4, -0.2) is 20.6 Å². The molecule has 0 saturated heterocycles. The maximum Gasteiger partial charge on any atom is 0.433 e. The Morgan fingerprint density at radius 2 is 1.78 bits per heavy atom. The van der Waals surface area contributed by atoms with Gasteiger partial charge in [0.25, 0.3) is 0 Å². The molecule has 4 rings (SSSR count). The van der Waals surface area contributed by atoms with Gasteiger partial charge in [-0.25, -0.2) is 18.7 Å². The van der Waals surface area contributed by atoms with Crippen LogP contribution in [0.15, 0.2) is 65.1 Å². The number of halogens is 5. The molecular weight excluding hydrogens is 496 g/mol. The van der Waals surface area contributed by atoms with E-state index in [1.165, 1.54) is 24.3 Å². The highest BCUT2D eigenvalue weighted by Crippen LogP contribution is 2.34. The van der Waals surface area contributed by atoms with Crippen LogP contribution in [-0.2, 0) is 17.6 Å². The fourth-order valence-corrected chi connectivity index (χ4v) is 3.41. The van der Waals surface area contributed by atoms with Crippen LogP contribution in [0, 0.1) is 5.82 Å². The van der Waals surface area contributed by atoms with Crippen LogP contribution in [0.4, 0.5) is 17.6 Å². The Labute approximate surface area is 186 Å². The Hall–Kier alpha value is -3.31. The molecular formula is C21H13BrF4N4O2. The molecule has 2 heterocycles. The fraction of sp³-hybridized carbons (Fsp3) is 0.0952. The van der Waals surface area contributed by atoms with E-state index >= 15 is 0 Å². The van der Waals surface area contributed by atoms with Gasteiger partial charge >= 0.3 is 12.1 Å². The number of carbonyl (C=O) groups excluding carboxylic acids is 1. The third-order valence-electron chi connectivity index (χ3n) is 4.44. The molecule has 0 unspecified atom stereocenters.